The number of sulfonamides is 1. The van der Waals surface area contributed by atoms with Crippen molar-refractivity contribution in [3.63, 3.8) is 0 Å². The Morgan fingerprint density at radius 2 is 2.14 bits per heavy atom. The van der Waals surface area contributed by atoms with Gasteiger partial charge in [0.2, 0.25) is 10.0 Å². The van der Waals surface area contributed by atoms with Crippen LogP contribution in [0.5, 0.6) is 0 Å². The first kappa shape index (κ1) is 16.9. The zero-order valence-electron chi connectivity index (χ0n) is 13.3. The summed E-state index contributed by atoms with van der Waals surface area (Å²) in [7, 11) is -3.15. The molecule has 1 unspecified atom stereocenters. The fourth-order valence-electron chi connectivity index (χ4n) is 2.20. The molecule has 0 saturated heterocycles. The summed E-state index contributed by atoms with van der Waals surface area (Å²) in [5.41, 5.74) is 3.15. The third-order valence-corrected chi connectivity index (χ3v) is 4.94. The number of benzene rings is 1. The smallest absolute Gasteiger partial charge is 0.211 e. The van der Waals surface area contributed by atoms with Gasteiger partial charge in [0.05, 0.1) is 23.3 Å². The molecule has 3 N–H and O–H groups in total. The highest BCUT2D eigenvalue weighted by Crippen LogP contribution is 2.13. The summed E-state index contributed by atoms with van der Waals surface area (Å²) in [6.07, 6.45) is 0.621. The van der Waals surface area contributed by atoms with Crippen molar-refractivity contribution >= 4 is 21.1 Å². The van der Waals surface area contributed by atoms with Gasteiger partial charge >= 0.3 is 0 Å². The standard InChI is InChI=1S/C15H24N4O2S/c1-4-7-22(20,21)17-9-12(3)16-10-15-18-13-6-5-11(2)8-14(13)19-15/h5-6,8,12,16-17H,4,7,9-10H2,1-3H3,(H,18,19). The number of aromatic amines is 1. The first-order valence-electron chi connectivity index (χ1n) is 7.55. The molecule has 2 rings (SSSR count). The topological polar surface area (TPSA) is 86.9 Å². The molecule has 1 heterocycles. The summed E-state index contributed by atoms with van der Waals surface area (Å²) < 4.78 is 25.8. The normalized spacial score (nSPS) is 13.6. The van der Waals surface area contributed by atoms with Gasteiger partial charge in [-0.2, -0.15) is 0 Å². The SMILES string of the molecule is CCCS(=O)(=O)NCC(C)NCc1nc2ccc(C)cc2[nH]1. The number of H-pyrrole nitrogens is 1. The molecule has 7 heteroatoms. The highest BCUT2D eigenvalue weighted by atomic mass is 32.2. The predicted molar refractivity (Wildman–Crippen MR) is 89.2 cm³/mol. The molecule has 2 aromatic rings. The number of nitrogens with one attached hydrogen (secondary N) is 3. The Labute approximate surface area is 131 Å². The van der Waals surface area contributed by atoms with Gasteiger partial charge in [-0.1, -0.05) is 13.0 Å². The van der Waals surface area contributed by atoms with Crippen LogP contribution in [0.3, 0.4) is 0 Å². The van der Waals surface area contributed by atoms with Crippen LogP contribution in [0.1, 0.15) is 31.7 Å². The minimum absolute atomic E-state index is 0.0292. The van der Waals surface area contributed by atoms with E-state index in [9.17, 15) is 8.42 Å². The Bertz CT molecular complexity index is 724. The molecule has 0 aliphatic carbocycles. The second-order valence-corrected chi connectivity index (χ2v) is 7.58. The average molecular weight is 324 g/mol. The molecule has 0 bridgehead atoms. The van der Waals surface area contributed by atoms with Crippen LogP contribution >= 0.6 is 0 Å². The van der Waals surface area contributed by atoms with Crippen molar-refractivity contribution in [2.45, 2.75) is 39.8 Å². The van der Waals surface area contributed by atoms with E-state index >= 15 is 0 Å². The van der Waals surface area contributed by atoms with Crippen molar-refractivity contribution in [2.24, 2.45) is 0 Å². The van der Waals surface area contributed by atoms with E-state index in [0.717, 1.165) is 16.9 Å². The van der Waals surface area contributed by atoms with Crippen LogP contribution in [0.15, 0.2) is 18.2 Å². The third kappa shape index (κ3) is 4.79. The lowest BCUT2D eigenvalue weighted by Gasteiger charge is -2.13. The first-order chi connectivity index (χ1) is 10.4. The quantitative estimate of drug-likeness (QED) is 0.689. The molecular formula is C15H24N4O2S. The maximum Gasteiger partial charge on any atom is 0.211 e. The summed E-state index contributed by atoms with van der Waals surface area (Å²) in [6, 6.07) is 6.12. The van der Waals surface area contributed by atoms with E-state index in [1.165, 1.54) is 5.56 Å². The summed E-state index contributed by atoms with van der Waals surface area (Å²) in [4.78, 5) is 7.78. The number of nitrogens with zero attached hydrogens (tertiary/aromatic N) is 1. The summed E-state index contributed by atoms with van der Waals surface area (Å²) >= 11 is 0. The van der Waals surface area contributed by atoms with Gasteiger partial charge in [0.1, 0.15) is 5.82 Å². The van der Waals surface area contributed by atoms with E-state index in [-0.39, 0.29) is 11.8 Å². The fourth-order valence-corrected chi connectivity index (χ4v) is 3.38. The number of aryl methyl sites for hydroxylation is 1. The lowest BCUT2D eigenvalue weighted by Crippen LogP contribution is -2.39. The van der Waals surface area contributed by atoms with Gasteiger partial charge in [-0.3, -0.25) is 0 Å². The molecule has 0 radical (unpaired) electrons. The van der Waals surface area contributed by atoms with E-state index in [2.05, 4.69) is 26.1 Å². The molecule has 6 nitrogen and oxygen atoms in total. The van der Waals surface area contributed by atoms with Gasteiger partial charge in [0.15, 0.2) is 0 Å². The Hall–Kier alpha value is -1.44. The van der Waals surface area contributed by atoms with E-state index in [4.69, 9.17) is 0 Å². The molecule has 1 atom stereocenters. The van der Waals surface area contributed by atoms with Crippen LogP contribution in [0, 0.1) is 6.92 Å². The number of imidazole rings is 1. The summed E-state index contributed by atoms with van der Waals surface area (Å²) in [5.74, 6) is 1.02. The van der Waals surface area contributed by atoms with Crippen LogP contribution in [-0.4, -0.2) is 36.7 Å². The van der Waals surface area contributed by atoms with Crippen molar-refractivity contribution in [3.8, 4) is 0 Å². The van der Waals surface area contributed by atoms with Crippen LogP contribution in [0.25, 0.3) is 11.0 Å². The average Bonchev–Trinajstić information content (AvgIpc) is 2.85. The monoisotopic (exact) mass is 324 g/mol. The molecular weight excluding hydrogens is 300 g/mol. The Morgan fingerprint density at radius 3 is 2.86 bits per heavy atom. The third-order valence-electron chi connectivity index (χ3n) is 3.39. The lowest BCUT2D eigenvalue weighted by molar-refractivity contribution is 0.518. The largest absolute Gasteiger partial charge is 0.341 e. The van der Waals surface area contributed by atoms with Gasteiger partial charge in [0.25, 0.3) is 0 Å². The first-order valence-corrected chi connectivity index (χ1v) is 9.21. The van der Waals surface area contributed by atoms with Gasteiger partial charge in [-0.05, 0) is 38.0 Å². The molecule has 22 heavy (non-hydrogen) atoms. The van der Waals surface area contributed by atoms with Crippen molar-refractivity contribution in [1.29, 1.82) is 0 Å². The second-order valence-electron chi connectivity index (χ2n) is 5.65. The number of rotatable bonds is 8. The van der Waals surface area contributed by atoms with Gasteiger partial charge < -0.3 is 10.3 Å². The zero-order valence-corrected chi connectivity index (χ0v) is 14.1. The highest BCUT2D eigenvalue weighted by molar-refractivity contribution is 7.89. The zero-order chi connectivity index (χ0) is 16.2. The van der Waals surface area contributed by atoms with E-state index in [0.29, 0.717) is 19.5 Å². The molecule has 0 amide bonds. The van der Waals surface area contributed by atoms with Gasteiger partial charge in [-0.15, -0.1) is 0 Å². The molecule has 0 saturated carbocycles. The maximum absolute atomic E-state index is 11.6. The Balaban J connectivity index is 1.86. The van der Waals surface area contributed by atoms with Gasteiger partial charge in [0, 0.05) is 12.6 Å². The number of hydrogen-bond donors (Lipinski definition) is 3. The molecule has 0 spiro atoms. The fraction of sp³-hybridized carbons (Fsp3) is 0.533. The molecule has 0 aliphatic heterocycles. The van der Waals surface area contributed by atoms with Crippen molar-refractivity contribution in [1.82, 2.24) is 20.0 Å². The second kappa shape index (κ2) is 7.21. The molecule has 0 aliphatic rings. The molecule has 1 aromatic heterocycles. The number of fused-ring (bicyclic) bond motifs is 1. The number of hydrogen-bond acceptors (Lipinski definition) is 4. The van der Waals surface area contributed by atoms with Gasteiger partial charge in [-0.25, -0.2) is 18.1 Å². The number of aromatic nitrogens is 2. The van der Waals surface area contributed by atoms with Crippen LogP contribution in [-0.2, 0) is 16.6 Å². The van der Waals surface area contributed by atoms with Crippen molar-refractivity contribution in [2.75, 3.05) is 12.3 Å². The van der Waals surface area contributed by atoms with Crippen LogP contribution < -0.4 is 10.0 Å². The van der Waals surface area contributed by atoms with Crippen molar-refractivity contribution in [3.05, 3.63) is 29.6 Å². The van der Waals surface area contributed by atoms with Crippen LogP contribution in [0.2, 0.25) is 0 Å². The van der Waals surface area contributed by atoms with E-state index < -0.39 is 10.0 Å². The lowest BCUT2D eigenvalue weighted by atomic mass is 10.2. The molecule has 0 fully saturated rings. The predicted octanol–water partition coefficient (Wildman–Crippen LogP) is 1.68. The minimum atomic E-state index is -3.15. The van der Waals surface area contributed by atoms with Crippen molar-refractivity contribution < 1.29 is 8.42 Å². The van der Waals surface area contributed by atoms with Crippen LogP contribution in [0.4, 0.5) is 0 Å². The minimum Gasteiger partial charge on any atom is -0.341 e. The van der Waals surface area contributed by atoms with E-state index in [1.54, 1.807) is 0 Å². The molecule has 1 aromatic carbocycles. The Kier molecular flexibility index (Phi) is 5.55. The summed E-state index contributed by atoms with van der Waals surface area (Å²) in [5, 5.41) is 3.27. The van der Waals surface area contributed by atoms with E-state index in [1.807, 2.05) is 32.9 Å². The Morgan fingerprint density at radius 1 is 1.36 bits per heavy atom. The summed E-state index contributed by atoms with van der Waals surface area (Å²) in [6.45, 7) is 6.79. The highest BCUT2D eigenvalue weighted by Gasteiger charge is 2.11. The molecule has 122 valence electrons. The maximum atomic E-state index is 11.6.